The van der Waals surface area contributed by atoms with Crippen LogP contribution in [0.15, 0.2) is 48.5 Å². The maximum absolute atomic E-state index is 13.1. The quantitative estimate of drug-likeness (QED) is 0.741. The van der Waals surface area contributed by atoms with Crippen molar-refractivity contribution in [2.45, 2.75) is 13.1 Å². The molecule has 3 rings (SSSR count). The van der Waals surface area contributed by atoms with Crippen LogP contribution in [0.3, 0.4) is 0 Å². The van der Waals surface area contributed by atoms with Crippen molar-refractivity contribution in [3.63, 3.8) is 0 Å². The second-order valence-electron chi connectivity index (χ2n) is 7.37. The molecule has 1 N–H and O–H groups in total. The summed E-state index contributed by atoms with van der Waals surface area (Å²) in [6, 6.07) is 12.9. The second-order valence-corrected chi connectivity index (χ2v) is 7.37. The number of anilines is 1. The molecular formula is C22H26F3N3O2. The van der Waals surface area contributed by atoms with Crippen molar-refractivity contribution in [1.29, 1.82) is 0 Å². The fourth-order valence-corrected chi connectivity index (χ4v) is 3.33. The van der Waals surface area contributed by atoms with E-state index in [9.17, 15) is 18.0 Å². The van der Waals surface area contributed by atoms with Crippen molar-refractivity contribution < 1.29 is 22.7 Å². The summed E-state index contributed by atoms with van der Waals surface area (Å²) in [5, 5.41) is 2.40. The molecule has 1 aliphatic rings. The molecule has 0 radical (unpaired) electrons. The first kappa shape index (κ1) is 22.1. The van der Waals surface area contributed by atoms with Gasteiger partial charge in [-0.15, -0.1) is 0 Å². The summed E-state index contributed by atoms with van der Waals surface area (Å²) in [4.78, 5) is 16.4. The van der Waals surface area contributed by atoms with Crippen molar-refractivity contribution in [2.75, 3.05) is 51.2 Å². The highest BCUT2D eigenvalue weighted by molar-refractivity contribution is 5.93. The van der Waals surface area contributed by atoms with E-state index in [-0.39, 0.29) is 12.2 Å². The van der Waals surface area contributed by atoms with Crippen LogP contribution in [0.4, 0.5) is 18.9 Å². The Morgan fingerprint density at radius 1 is 1.00 bits per heavy atom. The third kappa shape index (κ3) is 6.47. The van der Waals surface area contributed by atoms with Crippen molar-refractivity contribution in [2.24, 2.45) is 0 Å². The van der Waals surface area contributed by atoms with Gasteiger partial charge in [0, 0.05) is 32.7 Å². The van der Waals surface area contributed by atoms with Crippen molar-refractivity contribution in [1.82, 2.24) is 9.80 Å². The molecule has 0 atom stereocenters. The van der Waals surface area contributed by atoms with Gasteiger partial charge in [-0.1, -0.05) is 29.8 Å². The highest BCUT2D eigenvalue weighted by Gasteiger charge is 2.33. The van der Waals surface area contributed by atoms with Gasteiger partial charge < -0.3 is 10.1 Å². The molecule has 8 heteroatoms. The lowest BCUT2D eigenvalue weighted by atomic mass is 10.1. The Hall–Kier alpha value is -2.58. The Balaban J connectivity index is 1.39. The van der Waals surface area contributed by atoms with E-state index in [1.165, 1.54) is 23.8 Å². The van der Waals surface area contributed by atoms with Crippen molar-refractivity contribution >= 4 is 11.6 Å². The van der Waals surface area contributed by atoms with Crippen LogP contribution in [0, 0.1) is 6.92 Å². The summed E-state index contributed by atoms with van der Waals surface area (Å²) in [5.41, 5.74) is 0.142. The topological polar surface area (TPSA) is 44.8 Å². The van der Waals surface area contributed by atoms with E-state index in [0.717, 1.165) is 31.5 Å². The number of halogens is 3. The van der Waals surface area contributed by atoms with Crippen LogP contribution in [0.5, 0.6) is 5.75 Å². The third-order valence-electron chi connectivity index (χ3n) is 5.04. The Morgan fingerprint density at radius 3 is 2.30 bits per heavy atom. The fourth-order valence-electron chi connectivity index (χ4n) is 3.33. The highest BCUT2D eigenvalue weighted by atomic mass is 19.4. The van der Waals surface area contributed by atoms with Gasteiger partial charge in [0.15, 0.2) is 0 Å². The van der Waals surface area contributed by atoms with E-state index < -0.39 is 17.6 Å². The second kappa shape index (κ2) is 9.95. The minimum Gasteiger partial charge on any atom is -0.492 e. The summed E-state index contributed by atoms with van der Waals surface area (Å²) in [5.74, 6) is 0.401. The average molecular weight is 421 g/mol. The third-order valence-corrected chi connectivity index (χ3v) is 5.04. The molecule has 2 aromatic rings. The van der Waals surface area contributed by atoms with E-state index in [0.29, 0.717) is 19.7 Å². The number of nitrogens with zero attached hydrogens (tertiary/aromatic N) is 2. The normalized spacial score (nSPS) is 15.7. The SMILES string of the molecule is Cc1ccc(OCCN2CCN(CC(=O)Nc3ccccc3C(F)(F)F)CC2)cc1. The van der Waals surface area contributed by atoms with Crippen LogP contribution in [-0.4, -0.2) is 61.6 Å². The molecule has 0 saturated carbocycles. The number of para-hydroxylation sites is 1. The van der Waals surface area contributed by atoms with Crippen LogP contribution in [0.1, 0.15) is 11.1 Å². The zero-order valence-electron chi connectivity index (χ0n) is 16.9. The minimum absolute atomic E-state index is 0.0693. The number of hydrogen-bond acceptors (Lipinski definition) is 4. The van der Waals surface area contributed by atoms with Gasteiger partial charge in [0.25, 0.3) is 0 Å². The first-order chi connectivity index (χ1) is 14.3. The van der Waals surface area contributed by atoms with Crippen LogP contribution in [-0.2, 0) is 11.0 Å². The summed E-state index contributed by atoms with van der Waals surface area (Å²) in [7, 11) is 0. The molecule has 1 aliphatic heterocycles. The lowest BCUT2D eigenvalue weighted by Crippen LogP contribution is -2.49. The number of nitrogens with one attached hydrogen (secondary N) is 1. The zero-order chi connectivity index (χ0) is 21.6. The smallest absolute Gasteiger partial charge is 0.418 e. The summed E-state index contributed by atoms with van der Waals surface area (Å²) >= 11 is 0. The largest absolute Gasteiger partial charge is 0.492 e. The van der Waals surface area contributed by atoms with E-state index in [1.54, 1.807) is 0 Å². The zero-order valence-corrected chi connectivity index (χ0v) is 16.9. The Bertz CT molecular complexity index is 832. The molecule has 0 aromatic heterocycles. The summed E-state index contributed by atoms with van der Waals surface area (Å²) in [6.45, 7) is 6.38. The Labute approximate surface area is 174 Å². The monoisotopic (exact) mass is 421 g/mol. The number of benzene rings is 2. The van der Waals surface area contributed by atoms with E-state index in [1.807, 2.05) is 36.1 Å². The van der Waals surface area contributed by atoms with Gasteiger partial charge in [0.2, 0.25) is 5.91 Å². The van der Waals surface area contributed by atoms with E-state index in [4.69, 9.17) is 4.74 Å². The number of rotatable bonds is 7. The number of hydrogen-bond donors (Lipinski definition) is 1. The van der Waals surface area contributed by atoms with Gasteiger partial charge in [0.05, 0.1) is 17.8 Å². The predicted octanol–water partition coefficient (Wildman–Crippen LogP) is 3.65. The molecule has 2 aromatic carbocycles. The molecule has 0 unspecified atom stereocenters. The lowest BCUT2D eigenvalue weighted by molar-refractivity contribution is -0.137. The van der Waals surface area contributed by atoms with Gasteiger partial charge in [-0.2, -0.15) is 13.2 Å². The van der Waals surface area contributed by atoms with Crippen molar-refractivity contribution in [3.05, 3.63) is 59.7 Å². The summed E-state index contributed by atoms with van der Waals surface area (Å²) < 4.78 is 44.9. The highest BCUT2D eigenvalue weighted by Crippen LogP contribution is 2.34. The molecule has 0 bridgehead atoms. The van der Waals surface area contributed by atoms with Gasteiger partial charge in [-0.05, 0) is 31.2 Å². The number of piperazine rings is 1. The number of ether oxygens (including phenoxy) is 1. The van der Waals surface area contributed by atoms with Gasteiger partial charge in [0.1, 0.15) is 12.4 Å². The van der Waals surface area contributed by atoms with Crippen molar-refractivity contribution in [3.8, 4) is 5.75 Å². The molecule has 1 amide bonds. The molecule has 0 spiro atoms. The molecule has 30 heavy (non-hydrogen) atoms. The lowest BCUT2D eigenvalue weighted by Gasteiger charge is -2.34. The molecule has 1 saturated heterocycles. The predicted molar refractivity (Wildman–Crippen MR) is 110 cm³/mol. The number of alkyl halides is 3. The molecule has 0 aliphatic carbocycles. The summed E-state index contributed by atoms with van der Waals surface area (Å²) in [6.07, 6.45) is -4.50. The maximum Gasteiger partial charge on any atom is 0.418 e. The van der Waals surface area contributed by atoms with Crippen LogP contribution in [0.2, 0.25) is 0 Å². The fraction of sp³-hybridized carbons (Fsp3) is 0.409. The van der Waals surface area contributed by atoms with Gasteiger partial charge in [-0.25, -0.2) is 0 Å². The number of carbonyl (C=O) groups excluding carboxylic acids is 1. The molecule has 162 valence electrons. The van der Waals surface area contributed by atoms with E-state index >= 15 is 0 Å². The average Bonchev–Trinajstić information content (AvgIpc) is 2.70. The van der Waals surface area contributed by atoms with Crippen LogP contribution < -0.4 is 10.1 Å². The minimum atomic E-state index is -4.50. The van der Waals surface area contributed by atoms with E-state index in [2.05, 4.69) is 10.2 Å². The first-order valence-corrected chi connectivity index (χ1v) is 9.91. The van der Waals surface area contributed by atoms with Crippen LogP contribution >= 0.6 is 0 Å². The molecule has 1 fully saturated rings. The molecule has 1 heterocycles. The number of aryl methyl sites for hydroxylation is 1. The number of amides is 1. The van der Waals surface area contributed by atoms with Crippen LogP contribution in [0.25, 0.3) is 0 Å². The molecular weight excluding hydrogens is 395 g/mol. The van der Waals surface area contributed by atoms with Gasteiger partial charge in [-0.3, -0.25) is 14.6 Å². The Morgan fingerprint density at radius 2 is 1.63 bits per heavy atom. The maximum atomic E-state index is 13.1. The number of carbonyl (C=O) groups is 1. The Kier molecular flexibility index (Phi) is 7.33. The first-order valence-electron chi connectivity index (χ1n) is 9.91. The standard InChI is InChI=1S/C22H26F3N3O2/c1-17-6-8-18(9-7-17)30-15-14-27-10-12-28(13-11-27)16-21(29)26-20-5-3-2-4-19(20)22(23,24)25/h2-9H,10-16H2,1H3,(H,26,29). The van der Waals surface area contributed by atoms with Gasteiger partial charge >= 0.3 is 6.18 Å². The molecule has 5 nitrogen and oxygen atoms in total.